The maximum atomic E-state index is 11.7. The Bertz CT molecular complexity index is 197. The quantitative estimate of drug-likeness (QED) is 0.815. The van der Waals surface area contributed by atoms with Gasteiger partial charge in [-0.15, -0.1) is 24.8 Å². The summed E-state index contributed by atoms with van der Waals surface area (Å²) in [6.45, 7) is 5.18. The number of likely N-dealkylation sites (tertiary alicyclic amines) is 1. The van der Waals surface area contributed by atoms with Crippen LogP contribution in [0.25, 0.3) is 0 Å². The van der Waals surface area contributed by atoms with E-state index in [9.17, 15) is 4.79 Å². The number of hydrogen-bond donors (Lipinski definition) is 2. The molecule has 1 aliphatic rings. The van der Waals surface area contributed by atoms with Crippen LogP contribution < -0.4 is 11.1 Å². The maximum Gasteiger partial charge on any atom is 0.237 e. The molecule has 0 saturated carbocycles. The molecule has 104 valence electrons. The van der Waals surface area contributed by atoms with E-state index in [1.54, 1.807) is 0 Å². The SMILES string of the molecule is CC(C(=O)NCCN)N1CCCCCC1.Cl.Cl. The van der Waals surface area contributed by atoms with Crippen molar-refractivity contribution in [3.63, 3.8) is 0 Å². The van der Waals surface area contributed by atoms with Crippen LogP contribution in [0.2, 0.25) is 0 Å². The fraction of sp³-hybridized carbons (Fsp3) is 0.909. The molecule has 1 aliphatic heterocycles. The molecule has 0 spiro atoms. The molecule has 4 nitrogen and oxygen atoms in total. The highest BCUT2D eigenvalue weighted by atomic mass is 35.5. The van der Waals surface area contributed by atoms with Crippen LogP contribution in [0.4, 0.5) is 0 Å². The summed E-state index contributed by atoms with van der Waals surface area (Å²) in [6.07, 6.45) is 5.03. The fourth-order valence-electron chi connectivity index (χ4n) is 1.99. The molecule has 1 atom stereocenters. The van der Waals surface area contributed by atoms with E-state index in [0.29, 0.717) is 13.1 Å². The van der Waals surface area contributed by atoms with Gasteiger partial charge in [-0.1, -0.05) is 12.8 Å². The highest BCUT2D eigenvalue weighted by Crippen LogP contribution is 2.12. The Morgan fingerprint density at radius 3 is 2.24 bits per heavy atom. The van der Waals surface area contributed by atoms with Crippen molar-refractivity contribution in [2.45, 2.75) is 38.6 Å². The van der Waals surface area contributed by atoms with Crippen LogP contribution in [0.3, 0.4) is 0 Å². The third-order valence-corrected chi connectivity index (χ3v) is 3.01. The molecule has 0 aromatic carbocycles. The van der Waals surface area contributed by atoms with E-state index in [2.05, 4.69) is 10.2 Å². The Balaban J connectivity index is 0. The molecule has 0 aliphatic carbocycles. The average molecular weight is 286 g/mol. The van der Waals surface area contributed by atoms with Gasteiger partial charge < -0.3 is 11.1 Å². The molecular weight excluding hydrogens is 261 g/mol. The molecule has 6 heteroatoms. The van der Waals surface area contributed by atoms with Crippen LogP contribution in [0.15, 0.2) is 0 Å². The minimum Gasteiger partial charge on any atom is -0.353 e. The zero-order chi connectivity index (χ0) is 11.1. The summed E-state index contributed by atoms with van der Waals surface area (Å²) in [5, 5.41) is 2.84. The summed E-state index contributed by atoms with van der Waals surface area (Å²) in [5.41, 5.74) is 5.35. The lowest BCUT2D eigenvalue weighted by atomic mass is 10.2. The zero-order valence-electron chi connectivity index (χ0n) is 10.5. The second-order valence-corrected chi connectivity index (χ2v) is 4.21. The highest BCUT2D eigenvalue weighted by molar-refractivity contribution is 5.85. The lowest BCUT2D eigenvalue weighted by Gasteiger charge is -2.26. The van der Waals surface area contributed by atoms with Gasteiger partial charge >= 0.3 is 0 Å². The van der Waals surface area contributed by atoms with Crippen molar-refractivity contribution in [1.29, 1.82) is 0 Å². The van der Waals surface area contributed by atoms with Gasteiger partial charge in [-0.25, -0.2) is 0 Å². The van der Waals surface area contributed by atoms with E-state index in [1.807, 2.05) is 6.92 Å². The van der Waals surface area contributed by atoms with Crippen LogP contribution in [0, 0.1) is 0 Å². The number of hydrogen-bond acceptors (Lipinski definition) is 3. The van der Waals surface area contributed by atoms with Gasteiger partial charge in [0.05, 0.1) is 6.04 Å². The Kier molecular flexibility index (Phi) is 12.6. The van der Waals surface area contributed by atoms with Crippen molar-refractivity contribution in [3.8, 4) is 0 Å². The number of halogens is 2. The monoisotopic (exact) mass is 285 g/mol. The van der Waals surface area contributed by atoms with E-state index < -0.39 is 0 Å². The third-order valence-electron chi connectivity index (χ3n) is 3.01. The second-order valence-electron chi connectivity index (χ2n) is 4.21. The summed E-state index contributed by atoms with van der Waals surface area (Å²) in [5.74, 6) is 0.113. The first kappa shape index (κ1) is 19.3. The van der Waals surface area contributed by atoms with E-state index in [-0.39, 0.29) is 36.8 Å². The van der Waals surface area contributed by atoms with Crippen LogP contribution in [0.5, 0.6) is 0 Å². The van der Waals surface area contributed by atoms with Crippen molar-refractivity contribution in [3.05, 3.63) is 0 Å². The maximum absolute atomic E-state index is 11.7. The third kappa shape index (κ3) is 7.09. The summed E-state index contributed by atoms with van der Waals surface area (Å²) in [7, 11) is 0. The molecule has 1 rings (SSSR count). The minimum atomic E-state index is -0.00495. The summed E-state index contributed by atoms with van der Waals surface area (Å²) < 4.78 is 0. The standard InChI is InChI=1S/C11H23N3O.2ClH/c1-10(11(15)13-7-6-12)14-8-4-2-3-5-9-14;;/h10H,2-9,12H2,1H3,(H,13,15);2*1H. The van der Waals surface area contributed by atoms with Crippen molar-refractivity contribution < 1.29 is 4.79 Å². The number of carbonyl (C=O) groups is 1. The molecule has 0 aromatic heterocycles. The van der Waals surface area contributed by atoms with Gasteiger partial charge in [-0.3, -0.25) is 9.69 Å². The van der Waals surface area contributed by atoms with Crippen LogP contribution >= 0.6 is 24.8 Å². The molecule has 17 heavy (non-hydrogen) atoms. The molecule has 3 N–H and O–H groups in total. The molecule has 1 heterocycles. The molecule has 1 saturated heterocycles. The van der Waals surface area contributed by atoms with Gasteiger partial charge in [0.2, 0.25) is 5.91 Å². The van der Waals surface area contributed by atoms with Gasteiger partial charge in [0, 0.05) is 13.1 Å². The molecule has 0 aromatic rings. The molecule has 1 unspecified atom stereocenters. The number of nitrogens with one attached hydrogen (secondary N) is 1. The van der Waals surface area contributed by atoms with Crippen molar-refractivity contribution >= 4 is 30.7 Å². The van der Waals surface area contributed by atoms with Crippen molar-refractivity contribution in [2.24, 2.45) is 5.73 Å². The van der Waals surface area contributed by atoms with Crippen LogP contribution in [0.1, 0.15) is 32.6 Å². The van der Waals surface area contributed by atoms with Crippen molar-refractivity contribution in [1.82, 2.24) is 10.2 Å². The van der Waals surface area contributed by atoms with E-state index in [0.717, 1.165) is 13.1 Å². The molecule has 1 amide bonds. The predicted molar refractivity (Wildman–Crippen MR) is 76.1 cm³/mol. The normalized spacial score (nSPS) is 18.2. The summed E-state index contributed by atoms with van der Waals surface area (Å²) in [4.78, 5) is 14.0. The first-order valence-electron chi connectivity index (χ1n) is 5.97. The highest BCUT2D eigenvalue weighted by Gasteiger charge is 2.21. The van der Waals surface area contributed by atoms with E-state index >= 15 is 0 Å². The largest absolute Gasteiger partial charge is 0.353 e. The molecule has 0 bridgehead atoms. The minimum absolute atomic E-state index is 0. The topological polar surface area (TPSA) is 58.4 Å². The Morgan fingerprint density at radius 1 is 1.24 bits per heavy atom. The summed E-state index contributed by atoms with van der Waals surface area (Å²) in [6, 6.07) is -0.00495. The van der Waals surface area contributed by atoms with Crippen LogP contribution in [-0.4, -0.2) is 43.0 Å². The number of nitrogens with two attached hydrogens (primary N) is 1. The molecule has 0 radical (unpaired) electrons. The first-order valence-corrected chi connectivity index (χ1v) is 5.97. The van der Waals surface area contributed by atoms with Gasteiger partial charge in [0.15, 0.2) is 0 Å². The number of nitrogens with zero attached hydrogens (tertiary/aromatic N) is 1. The number of rotatable bonds is 4. The van der Waals surface area contributed by atoms with Gasteiger partial charge in [0.1, 0.15) is 0 Å². The van der Waals surface area contributed by atoms with E-state index in [1.165, 1.54) is 25.7 Å². The number of amides is 1. The first-order chi connectivity index (χ1) is 7.25. The van der Waals surface area contributed by atoms with E-state index in [4.69, 9.17) is 5.73 Å². The molecular formula is C11H25Cl2N3O. The van der Waals surface area contributed by atoms with Gasteiger partial charge in [-0.2, -0.15) is 0 Å². The van der Waals surface area contributed by atoms with Crippen molar-refractivity contribution in [2.75, 3.05) is 26.2 Å². The van der Waals surface area contributed by atoms with Gasteiger partial charge in [0.25, 0.3) is 0 Å². The Morgan fingerprint density at radius 2 is 1.76 bits per heavy atom. The zero-order valence-corrected chi connectivity index (χ0v) is 12.1. The second kappa shape index (κ2) is 11.1. The lowest BCUT2D eigenvalue weighted by molar-refractivity contribution is -0.125. The predicted octanol–water partition coefficient (Wildman–Crippen LogP) is 1.17. The fourth-order valence-corrected chi connectivity index (χ4v) is 1.99. The smallest absolute Gasteiger partial charge is 0.237 e. The number of carbonyl (C=O) groups excluding carboxylic acids is 1. The van der Waals surface area contributed by atoms with Crippen LogP contribution in [-0.2, 0) is 4.79 Å². The Labute approximate surface area is 117 Å². The Hall–Kier alpha value is -0.0300. The van der Waals surface area contributed by atoms with Gasteiger partial charge in [-0.05, 0) is 32.9 Å². The average Bonchev–Trinajstić information content (AvgIpc) is 2.53. The lowest BCUT2D eigenvalue weighted by Crippen LogP contribution is -2.46. The summed E-state index contributed by atoms with van der Waals surface area (Å²) >= 11 is 0. The molecule has 1 fully saturated rings.